The Balaban J connectivity index is 2.35. The number of nitrogens with two attached hydrogens (primary N) is 1. The van der Waals surface area contributed by atoms with Crippen LogP contribution in [0.3, 0.4) is 0 Å². The summed E-state index contributed by atoms with van der Waals surface area (Å²) in [5, 5.41) is 0. The molecule has 3 nitrogen and oxygen atoms in total. The van der Waals surface area contributed by atoms with Gasteiger partial charge in [0.2, 0.25) is 0 Å². The molecule has 1 aromatic rings. The van der Waals surface area contributed by atoms with E-state index in [9.17, 15) is 8.78 Å². The molecule has 14 heavy (non-hydrogen) atoms. The highest BCUT2D eigenvalue weighted by Crippen LogP contribution is 2.38. The molecule has 0 spiro atoms. The summed E-state index contributed by atoms with van der Waals surface area (Å²) < 4.78 is 24.8. The van der Waals surface area contributed by atoms with Gasteiger partial charge in [0.1, 0.15) is 11.5 Å². The largest absolute Gasteiger partial charge is 0.325 e. The molecule has 0 atom stereocenters. The van der Waals surface area contributed by atoms with Crippen LogP contribution in [0.4, 0.5) is 8.78 Å². The van der Waals surface area contributed by atoms with E-state index >= 15 is 0 Å². The van der Waals surface area contributed by atoms with Gasteiger partial charge in [-0.3, -0.25) is 0 Å². The summed E-state index contributed by atoms with van der Waals surface area (Å²) in [6.45, 7) is 0.182. The minimum atomic E-state index is -2.54. The van der Waals surface area contributed by atoms with Gasteiger partial charge in [0, 0.05) is 12.5 Å². The molecule has 0 amide bonds. The first-order valence-electron chi connectivity index (χ1n) is 4.56. The Morgan fingerprint density at radius 3 is 2.64 bits per heavy atom. The lowest BCUT2D eigenvalue weighted by atomic mass is 10.3. The molecule has 1 aliphatic rings. The zero-order chi connectivity index (χ0) is 10.1. The van der Waals surface area contributed by atoms with Crippen LogP contribution in [0.25, 0.3) is 0 Å². The Hall–Kier alpha value is -1.10. The molecule has 0 unspecified atom stereocenters. The van der Waals surface area contributed by atoms with Crippen LogP contribution in [0, 0.1) is 0 Å². The summed E-state index contributed by atoms with van der Waals surface area (Å²) >= 11 is 0. The topological polar surface area (TPSA) is 51.8 Å². The highest BCUT2D eigenvalue weighted by atomic mass is 19.3. The second-order valence-electron chi connectivity index (χ2n) is 3.42. The number of alkyl halides is 2. The quantitative estimate of drug-likeness (QED) is 0.806. The van der Waals surface area contributed by atoms with E-state index < -0.39 is 6.43 Å². The third-order valence-electron chi connectivity index (χ3n) is 2.19. The average molecular weight is 199 g/mol. The molecule has 1 aromatic heterocycles. The van der Waals surface area contributed by atoms with E-state index in [2.05, 4.69) is 9.97 Å². The summed E-state index contributed by atoms with van der Waals surface area (Å²) in [5.41, 5.74) is 5.66. The highest BCUT2D eigenvalue weighted by Gasteiger charge is 2.28. The van der Waals surface area contributed by atoms with Gasteiger partial charge in [-0.15, -0.1) is 0 Å². The highest BCUT2D eigenvalue weighted by molar-refractivity contribution is 5.16. The van der Waals surface area contributed by atoms with Gasteiger partial charge >= 0.3 is 0 Å². The predicted molar refractivity (Wildman–Crippen MR) is 46.9 cm³/mol. The number of rotatable bonds is 3. The molecular formula is C9H11F2N3. The summed E-state index contributed by atoms with van der Waals surface area (Å²) in [6.07, 6.45) is -0.547. The molecule has 2 rings (SSSR count). The van der Waals surface area contributed by atoms with Crippen molar-refractivity contribution in [1.82, 2.24) is 9.97 Å². The number of nitrogens with zero attached hydrogens (tertiary/aromatic N) is 2. The molecule has 0 aliphatic heterocycles. The molecule has 0 aromatic carbocycles. The average Bonchev–Trinajstić information content (AvgIpc) is 3.00. The first kappa shape index (κ1) is 9.45. The minimum absolute atomic E-state index is 0.182. The van der Waals surface area contributed by atoms with Crippen LogP contribution in [0.2, 0.25) is 0 Å². The Bertz CT molecular complexity index is 317. The van der Waals surface area contributed by atoms with Crippen molar-refractivity contribution in [3.8, 4) is 0 Å². The molecule has 5 heteroatoms. The summed E-state index contributed by atoms with van der Waals surface area (Å²) in [6, 6.07) is 1.27. The van der Waals surface area contributed by atoms with Crippen LogP contribution in [-0.4, -0.2) is 9.97 Å². The van der Waals surface area contributed by atoms with E-state index in [-0.39, 0.29) is 18.2 Å². The second-order valence-corrected chi connectivity index (χ2v) is 3.42. The van der Waals surface area contributed by atoms with E-state index in [0.29, 0.717) is 11.5 Å². The molecule has 2 N–H and O–H groups in total. The molecular weight excluding hydrogens is 188 g/mol. The van der Waals surface area contributed by atoms with Crippen LogP contribution >= 0.6 is 0 Å². The SMILES string of the molecule is NCc1cc(C(F)F)nc(C2CC2)n1. The Morgan fingerprint density at radius 2 is 2.14 bits per heavy atom. The van der Waals surface area contributed by atoms with Crippen molar-refractivity contribution < 1.29 is 8.78 Å². The lowest BCUT2D eigenvalue weighted by Crippen LogP contribution is -2.06. The first-order chi connectivity index (χ1) is 6.70. The van der Waals surface area contributed by atoms with Gasteiger partial charge in [0.25, 0.3) is 6.43 Å². The van der Waals surface area contributed by atoms with Crippen molar-refractivity contribution in [1.29, 1.82) is 0 Å². The molecule has 1 aliphatic carbocycles. The lowest BCUT2D eigenvalue weighted by molar-refractivity contribution is 0.145. The van der Waals surface area contributed by atoms with Gasteiger partial charge in [-0.25, -0.2) is 18.7 Å². The smallest absolute Gasteiger partial charge is 0.280 e. The normalized spacial score (nSPS) is 16.3. The van der Waals surface area contributed by atoms with Gasteiger partial charge in [-0.05, 0) is 18.9 Å². The molecule has 76 valence electrons. The van der Waals surface area contributed by atoms with Gasteiger partial charge in [-0.2, -0.15) is 0 Å². The molecule has 0 radical (unpaired) electrons. The van der Waals surface area contributed by atoms with Gasteiger partial charge in [-0.1, -0.05) is 0 Å². The third-order valence-corrected chi connectivity index (χ3v) is 2.19. The number of aromatic nitrogens is 2. The van der Waals surface area contributed by atoms with E-state index in [4.69, 9.17) is 5.73 Å². The van der Waals surface area contributed by atoms with Gasteiger partial charge in [0.15, 0.2) is 0 Å². The van der Waals surface area contributed by atoms with Gasteiger partial charge < -0.3 is 5.73 Å². The minimum Gasteiger partial charge on any atom is -0.325 e. The maximum atomic E-state index is 12.4. The number of halogens is 2. The lowest BCUT2D eigenvalue weighted by Gasteiger charge is -2.05. The van der Waals surface area contributed by atoms with Crippen LogP contribution in [-0.2, 0) is 6.54 Å². The maximum Gasteiger partial charge on any atom is 0.280 e. The van der Waals surface area contributed by atoms with Crippen LogP contribution in [0.1, 0.15) is 42.4 Å². The first-order valence-corrected chi connectivity index (χ1v) is 4.56. The van der Waals surface area contributed by atoms with Gasteiger partial charge in [0.05, 0.1) is 5.69 Å². The van der Waals surface area contributed by atoms with E-state index in [1.807, 2.05) is 0 Å². The Kier molecular flexibility index (Phi) is 2.41. The predicted octanol–water partition coefficient (Wildman–Crippen LogP) is 1.75. The van der Waals surface area contributed by atoms with E-state index in [1.165, 1.54) is 6.07 Å². The van der Waals surface area contributed by atoms with Crippen molar-refractivity contribution >= 4 is 0 Å². The molecule has 1 fully saturated rings. The molecule has 1 heterocycles. The fraction of sp³-hybridized carbons (Fsp3) is 0.556. The molecule has 0 saturated heterocycles. The summed E-state index contributed by atoms with van der Waals surface area (Å²) in [5.74, 6) is 0.808. The standard InChI is InChI=1S/C9H11F2N3/c10-8(11)7-3-6(4-12)13-9(14-7)5-1-2-5/h3,5,8H,1-2,4,12H2. The van der Waals surface area contributed by atoms with Crippen molar-refractivity contribution in [2.45, 2.75) is 31.7 Å². The van der Waals surface area contributed by atoms with Crippen molar-refractivity contribution in [3.05, 3.63) is 23.3 Å². The fourth-order valence-electron chi connectivity index (χ4n) is 1.28. The van der Waals surface area contributed by atoms with Crippen molar-refractivity contribution in [2.75, 3.05) is 0 Å². The molecule has 0 bridgehead atoms. The van der Waals surface area contributed by atoms with Crippen LogP contribution in [0.5, 0.6) is 0 Å². The summed E-state index contributed by atoms with van der Waals surface area (Å²) in [4.78, 5) is 7.95. The van der Waals surface area contributed by atoms with Crippen LogP contribution in [0.15, 0.2) is 6.07 Å². The Labute approximate surface area is 80.4 Å². The molecule has 1 saturated carbocycles. The van der Waals surface area contributed by atoms with Crippen molar-refractivity contribution in [2.24, 2.45) is 5.73 Å². The number of hydrogen-bond donors (Lipinski definition) is 1. The van der Waals surface area contributed by atoms with E-state index in [0.717, 1.165) is 12.8 Å². The Morgan fingerprint density at radius 1 is 1.43 bits per heavy atom. The van der Waals surface area contributed by atoms with Crippen molar-refractivity contribution in [3.63, 3.8) is 0 Å². The summed E-state index contributed by atoms with van der Waals surface area (Å²) in [7, 11) is 0. The van der Waals surface area contributed by atoms with Crippen LogP contribution < -0.4 is 5.73 Å². The van der Waals surface area contributed by atoms with E-state index in [1.54, 1.807) is 0 Å². The fourth-order valence-corrected chi connectivity index (χ4v) is 1.28. The number of hydrogen-bond acceptors (Lipinski definition) is 3. The second kappa shape index (κ2) is 3.57. The monoisotopic (exact) mass is 199 g/mol. The zero-order valence-electron chi connectivity index (χ0n) is 7.58. The maximum absolute atomic E-state index is 12.4. The zero-order valence-corrected chi connectivity index (χ0v) is 7.58. The third kappa shape index (κ3) is 1.87.